The zero-order chi connectivity index (χ0) is 29.9. The fourth-order valence-electron chi connectivity index (χ4n) is 9.54. The Bertz CT molecular complexity index is 990. The lowest BCUT2D eigenvalue weighted by Gasteiger charge is -2.60. The maximum atomic E-state index is 14.7. The summed E-state index contributed by atoms with van der Waals surface area (Å²) in [6.45, 7) is -0.576. The molecule has 0 bridgehead atoms. The Balaban J connectivity index is 1.64. The van der Waals surface area contributed by atoms with Crippen LogP contribution in [0.1, 0.15) is 116 Å². The fraction of sp³-hybridized carbons (Fsp3) is 0.879. The molecule has 2 unspecified atom stereocenters. The molecular formula is C33H50F3IN2O3. The summed E-state index contributed by atoms with van der Waals surface area (Å²) in [7, 11) is 0. The van der Waals surface area contributed by atoms with E-state index in [0.29, 0.717) is 18.9 Å². The average molecular weight is 707 g/mol. The molecule has 4 fully saturated rings. The van der Waals surface area contributed by atoms with Gasteiger partial charge in [0.15, 0.2) is 0 Å². The number of aliphatic hydroxyl groups excluding tert-OH is 1. The van der Waals surface area contributed by atoms with Gasteiger partial charge in [0.05, 0.1) is 5.41 Å². The molecule has 5 nitrogen and oxygen atoms in total. The van der Waals surface area contributed by atoms with Crippen molar-refractivity contribution in [2.45, 2.75) is 128 Å². The number of rotatable bonds is 8. The molecule has 3 saturated carbocycles. The van der Waals surface area contributed by atoms with Crippen LogP contribution in [0.2, 0.25) is 0 Å². The lowest BCUT2D eigenvalue weighted by molar-refractivity contribution is -0.181. The van der Waals surface area contributed by atoms with Crippen molar-refractivity contribution in [2.24, 2.45) is 35.0 Å². The predicted molar refractivity (Wildman–Crippen MR) is 166 cm³/mol. The Labute approximate surface area is 263 Å². The molecule has 0 radical (unpaired) electrons. The van der Waals surface area contributed by atoms with Crippen LogP contribution in [-0.4, -0.2) is 53.7 Å². The molecule has 0 aromatic carbocycles. The summed E-state index contributed by atoms with van der Waals surface area (Å²) in [6.07, 6.45) is 12.1. The Morgan fingerprint density at radius 3 is 2.24 bits per heavy atom. The molecule has 1 aliphatic heterocycles. The third-order valence-corrected chi connectivity index (χ3v) is 12.9. The summed E-state index contributed by atoms with van der Waals surface area (Å²) in [5.41, 5.74) is 0.160. The number of amides is 2. The SMILES string of the molecule is O=C1C2CCCCC2[C@](CC2=C(I)CCCC2)(C(=O)NCC(F)(F)F)[C@H](C2CCC(CO)CC2)N1CC1CCCCC1. The van der Waals surface area contributed by atoms with Gasteiger partial charge in [0.25, 0.3) is 0 Å². The first-order valence-corrected chi connectivity index (χ1v) is 17.8. The van der Waals surface area contributed by atoms with Crippen molar-refractivity contribution in [3.63, 3.8) is 0 Å². The van der Waals surface area contributed by atoms with Gasteiger partial charge in [0.1, 0.15) is 6.54 Å². The number of aliphatic hydroxyl groups is 1. The van der Waals surface area contributed by atoms with Crippen molar-refractivity contribution in [1.82, 2.24) is 10.2 Å². The van der Waals surface area contributed by atoms with E-state index < -0.39 is 30.1 Å². The van der Waals surface area contributed by atoms with Crippen molar-refractivity contribution >= 4 is 34.4 Å². The van der Waals surface area contributed by atoms with Gasteiger partial charge in [-0.05, 0) is 133 Å². The van der Waals surface area contributed by atoms with Crippen LogP contribution in [0.15, 0.2) is 9.15 Å². The van der Waals surface area contributed by atoms with Crippen LogP contribution in [0.3, 0.4) is 0 Å². The van der Waals surface area contributed by atoms with Crippen LogP contribution in [0.25, 0.3) is 0 Å². The van der Waals surface area contributed by atoms with Gasteiger partial charge in [-0.1, -0.05) is 37.7 Å². The molecular weight excluding hydrogens is 656 g/mol. The Morgan fingerprint density at radius 2 is 1.57 bits per heavy atom. The summed E-state index contributed by atoms with van der Waals surface area (Å²) >= 11 is 2.41. The molecule has 1 saturated heterocycles. The van der Waals surface area contributed by atoms with Crippen molar-refractivity contribution in [3.05, 3.63) is 9.15 Å². The molecule has 0 spiro atoms. The van der Waals surface area contributed by atoms with Gasteiger partial charge in [-0.15, -0.1) is 0 Å². The summed E-state index contributed by atoms with van der Waals surface area (Å²) in [4.78, 5) is 31.3. The van der Waals surface area contributed by atoms with Crippen molar-refractivity contribution < 1.29 is 27.9 Å². The highest BCUT2D eigenvalue weighted by molar-refractivity contribution is 14.1. The molecule has 238 valence electrons. The zero-order valence-electron chi connectivity index (χ0n) is 25.0. The number of nitrogens with zero attached hydrogens (tertiary/aromatic N) is 1. The monoisotopic (exact) mass is 706 g/mol. The number of allylic oxidation sites excluding steroid dienone is 2. The molecule has 0 aromatic heterocycles. The van der Waals surface area contributed by atoms with E-state index in [2.05, 4.69) is 32.8 Å². The van der Waals surface area contributed by atoms with Crippen LogP contribution in [-0.2, 0) is 9.59 Å². The van der Waals surface area contributed by atoms with Crippen LogP contribution in [0.5, 0.6) is 0 Å². The second kappa shape index (κ2) is 14.1. The maximum absolute atomic E-state index is 14.7. The molecule has 2 amide bonds. The molecule has 4 aliphatic carbocycles. The number of carbonyl (C=O) groups excluding carboxylic acids is 2. The van der Waals surface area contributed by atoms with Gasteiger partial charge < -0.3 is 15.3 Å². The van der Waals surface area contributed by atoms with Crippen LogP contribution in [0, 0.1) is 35.0 Å². The largest absolute Gasteiger partial charge is 0.405 e. The van der Waals surface area contributed by atoms with Crippen LogP contribution < -0.4 is 5.32 Å². The number of halogens is 4. The van der Waals surface area contributed by atoms with Crippen molar-refractivity contribution in [1.29, 1.82) is 0 Å². The summed E-state index contributed by atoms with van der Waals surface area (Å²) in [5, 5.41) is 12.3. The van der Waals surface area contributed by atoms with Crippen molar-refractivity contribution in [2.75, 3.05) is 19.7 Å². The number of piperidine rings is 1. The van der Waals surface area contributed by atoms with E-state index in [9.17, 15) is 27.9 Å². The van der Waals surface area contributed by atoms with Crippen molar-refractivity contribution in [3.8, 4) is 0 Å². The molecule has 1 heterocycles. The number of fused-ring (bicyclic) bond motifs is 1. The molecule has 0 aromatic rings. The van der Waals surface area contributed by atoms with Gasteiger partial charge in [0.2, 0.25) is 11.8 Å². The molecule has 2 N–H and O–H groups in total. The number of hydrogen-bond acceptors (Lipinski definition) is 3. The molecule has 9 heteroatoms. The number of nitrogens with one attached hydrogen (secondary N) is 1. The first-order valence-electron chi connectivity index (χ1n) is 16.8. The van der Waals surface area contributed by atoms with E-state index in [-0.39, 0.29) is 36.2 Å². The summed E-state index contributed by atoms with van der Waals surface area (Å²) in [5.74, 6) is -0.226. The van der Waals surface area contributed by atoms with E-state index in [1.165, 1.54) is 15.6 Å². The van der Waals surface area contributed by atoms with E-state index >= 15 is 0 Å². The second-order valence-corrected chi connectivity index (χ2v) is 15.4. The predicted octanol–water partition coefficient (Wildman–Crippen LogP) is 7.70. The molecule has 5 aliphatic rings. The Kier molecular flexibility index (Phi) is 10.9. The zero-order valence-corrected chi connectivity index (χ0v) is 27.2. The average Bonchev–Trinajstić information content (AvgIpc) is 2.99. The number of alkyl halides is 3. The van der Waals surface area contributed by atoms with E-state index in [1.807, 2.05) is 0 Å². The number of carbonyl (C=O) groups is 2. The van der Waals surface area contributed by atoms with Crippen LogP contribution in [0.4, 0.5) is 13.2 Å². The maximum Gasteiger partial charge on any atom is 0.405 e. The molecule has 4 atom stereocenters. The minimum atomic E-state index is -4.50. The minimum absolute atomic E-state index is 0.0432. The Morgan fingerprint density at radius 1 is 0.905 bits per heavy atom. The lowest BCUT2D eigenvalue weighted by Crippen LogP contribution is -2.70. The van der Waals surface area contributed by atoms with E-state index in [0.717, 1.165) is 103 Å². The lowest BCUT2D eigenvalue weighted by atomic mass is 9.51. The fourth-order valence-corrected chi connectivity index (χ4v) is 10.4. The highest BCUT2D eigenvalue weighted by atomic mass is 127. The topological polar surface area (TPSA) is 69.6 Å². The van der Waals surface area contributed by atoms with Gasteiger partial charge in [-0.25, -0.2) is 0 Å². The highest BCUT2D eigenvalue weighted by Crippen LogP contribution is 2.58. The first-order chi connectivity index (χ1) is 20.1. The third-order valence-electron chi connectivity index (χ3n) is 11.6. The van der Waals surface area contributed by atoms with E-state index in [4.69, 9.17) is 0 Å². The quantitative estimate of drug-likeness (QED) is 0.255. The normalized spacial score (nSPS) is 35.2. The molecule has 5 rings (SSSR count). The Hall–Kier alpha value is -0.840. The van der Waals surface area contributed by atoms with Crippen LogP contribution >= 0.6 is 22.6 Å². The number of hydrogen-bond donors (Lipinski definition) is 2. The van der Waals surface area contributed by atoms with Gasteiger partial charge in [-0.3, -0.25) is 9.59 Å². The van der Waals surface area contributed by atoms with Gasteiger partial charge >= 0.3 is 6.18 Å². The molecule has 42 heavy (non-hydrogen) atoms. The van der Waals surface area contributed by atoms with Gasteiger partial charge in [-0.2, -0.15) is 13.2 Å². The summed E-state index contributed by atoms with van der Waals surface area (Å²) in [6, 6.07) is -0.405. The highest BCUT2D eigenvalue weighted by Gasteiger charge is 2.64. The standard InChI is InChI=1S/C33H50F3IN2O3/c34-33(35,36)21-38-31(42)32(18-25-10-4-7-13-28(25)37)27-12-6-5-11-26(27)30(41)39(19-22-8-2-1-3-9-22)29(32)24-16-14-23(20-40)15-17-24/h22-24,26-27,29,40H,1-21H2,(H,38,42)/t23?,24?,26?,27?,29-,32-/m0/s1. The minimum Gasteiger partial charge on any atom is -0.396 e. The smallest absolute Gasteiger partial charge is 0.396 e. The second-order valence-electron chi connectivity index (χ2n) is 14.1. The first kappa shape index (κ1) is 32.6. The van der Waals surface area contributed by atoms with E-state index in [1.54, 1.807) is 0 Å². The number of likely N-dealkylation sites (tertiary alicyclic amines) is 1. The van der Waals surface area contributed by atoms with Gasteiger partial charge in [0, 0.05) is 25.1 Å². The summed E-state index contributed by atoms with van der Waals surface area (Å²) < 4.78 is 42.1. The third kappa shape index (κ3) is 7.02.